The van der Waals surface area contributed by atoms with E-state index in [1.54, 1.807) is 79.7 Å². The first-order chi connectivity index (χ1) is 20.4. The molecule has 3 aromatic carbocycles. The van der Waals surface area contributed by atoms with E-state index in [9.17, 15) is 24.0 Å². The first-order valence-corrected chi connectivity index (χ1v) is 13.5. The number of rotatable bonds is 12. The van der Waals surface area contributed by atoms with E-state index in [0.29, 0.717) is 39.4 Å². The van der Waals surface area contributed by atoms with Gasteiger partial charge >= 0.3 is 5.97 Å². The fraction of sp³-hybridized carbons (Fsp3) is 0.226. The third kappa shape index (κ3) is 5.90. The third-order valence-electron chi connectivity index (χ3n) is 6.82. The molecule has 0 atom stereocenters. The van der Waals surface area contributed by atoms with Crippen molar-refractivity contribution in [2.24, 2.45) is 5.10 Å². The SMILES string of the molecule is CCOC(=O)C/C(CCN1C(=O)c2ccccc2C1=O)=N/Nc1ccc(OCCN2C(=O)c3ccccc3C2=O)cc1. The van der Waals surface area contributed by atoms with Gasteiger partial charge in [-0.05, 0) is 55.5 Å². The number of hydrogen-bond donors (Lipinski definition) is 1. The molecule has 0 saturated carbocycles. The summed E-state index contributed by atoms with van der Waals surface area (Å²) in [6.45, 7) is 2.21. The summed E-state index contributed by atoms with van der Waals surface area (Å²) in [5.74, 6) is -1.37. The van der Waals surface area contributed by atoms with Crippen molar-refractivity contribution in [3.63, 3.8) is 0 Å². The number of esters is 1. The number of ether oxygens (including phenoxy) is 2. The number of amides is 4. The largest absolute Gasteiger partial charge is 0.492 e. The molecule has 4 amide bonds. The number of fused-ring (bicyclic) bond motifs is 2. The average molecular weight is 569 g/mol. The molecule has 1 N–H and O–H groups in total. The predicted octanol–water partition coefficient (Wildman–Crippen LogP) is 3.77. The maximum Gasteiger partial charge on any atom is 0.311 e. The van der Waals surface area contributed by atoms with Crippen molar-refractivity contribution in [3.8, 4) is 5.75 Å². The normalized spacial score (nSPS) is 14.3. The lowest BCUT2D eigenvalue weighted by Crippen LogP contribution is -2.33. The molecule has 2 aliphatic heterocycles. The summed E-state index contributed by atoms with van der Waals surface area (Å²) in [7, 11) is 0. The molecular formula is C31H28N4O7. The Balaban J connectivity index is 1.16. The number of nitrogens with one attached hydrogen (secondary N) is 1. The Kier molecular flexibility index (Phi) is 8.37. The number of hydrazone groups is 1. The smallest absolute Gasteiger partial charge is 0.311 e. The maximum atomic E-state index is 12.7. The summed E-state index contributed by atoms with van der Waals surface area (Å²) in [4.78, 5) is 64.9. The second-order valence-electron chi connectivity index (χ2n) is 9.51. The number of nitrogens with zero attached hydrogens (tertiary/aromatic N) is 3. The number of anilines is 1. The van der Waals surface area contributed by atoms with Crippen LogP contribution in [0.3, 0.4) is 0 Å². The van der Waals surface area contributed by atoms with Crippen LogP contribution in [0.2, 0.25) is 0 Å². The number of hydrogen-bond acceptors (Lipinski definition) is 9. The molecule has 0 saturated heterocycles. The summed E-state index contributed by atoms with van der Waals surface area (Å²) in [6, 6.07) is 20.2. The van der Waals surface area contributed by atoms with Gasteiger partial charge in [0, 0.05) is 13.0 Å². The van der Waals surface area contributed by atoms with E-state index in [1.807, 2.05) is 0 Å². The van der Waals surface area contributed by atoms with Gasteiger partial charge in [0.2, 0.25) is 0 Å². The van der Waals surface area contributed by atoms with Crippen LogP contribution in [0.1, 0.15) is 61.2 Å². The molecule has 42 heavy (non-hydrogen) atoms. The first kappa shape index (κ1) is 28.2. The zero-order valence-electron chi connectivity index (χ0n) is 22.9. The molecule has 3 aromatic rings. The van der Waals surface area contributed by atoms with Crippen LogP contribution in [0.15, 0.2) is 77.9 Å². The van der Waals surface area contributed by atoms with Crippen molar-refractivity contribution in [2.45, 2.75) is 19.8 Å². The molecule has 0 radical (unpaired) electrons. The highest BCUT2D eigenvalue weighted by Gasteiger charge is 2.35. The standard InChI is InChI=1S/C31H28N4O7/c1-2-41-27(36)19-21(15-16-34-28(37)23-7-3-4-8-24(23)29(34)38)33-32-20-11-13-22(14-12-20)42-18-17-35-30(39)25-9-5-6-10-26(25)31(35)40/h3-14,32H,2,15-19H2,1H3/b33-21+. The van der Waals surface area contributed by atoms with Crippen LogP contribution < -0.4 is 10.2 Å². The van der Waals surface area contributed by atoms with E-state index in [0.717, 1.165) is 4.90 Å². The first-order valence-electron chi connectivity index (χ1n) is 13.5. The van der Waals surface area contributed by atoms with Crippen LogP contribution in [0.5, 0.6) is 5.75 Å². The summed E-state index contributed by atoms with van der Waals surface area (Å²) in [5, 5.41) is 4.35. The molecule has 0 bridgehead atoms. The van der Waals surface area contributed by atoms with Gasteiger partial charge in [0.25, 0.3) is 23.6 Å². The number of imide groups is 2. The topological polar surface area (TPSA) is 135 Å². The fourth-order valence-corrected chi connectivity index (χ4v) is 4.71. The number of carbonyl (C=O) groups is 5. The molecule has 5 rings (SSSR count). The molecule has 0 fully saturated rings. The minimum absolute atomic E-state index is 0.0617. The highest BCUT2D eigenvalue weighted by Crippen LogP contribution is 2.24. The van der Waals surface area contributed by atoms with Gasteiger partial charge in [-0.25, -0.2) is 0 Å². The second kappa shape index (κ2) is 12.5. The Morgan fingerprint density at radius 3 is 1.74 bits per heavy atom. The highest BCUT2D eigenvalue weighted by atomic mass is 16.5. The predicted molar refractivity (Wildman–Crippen MR) is 152 cm³/mol. The van der Waals surface area contributed by atoms with Gasteiger partial charge in [-0.15, -0.1) is 0 Å². The summed E-state index contributed by atoms with van der Waals surface area (Å²) in [5.41, 5.74) is 5.41. The second-order valence-corrected chi connectivity index (χ2v) is 9.51. The summed E-state index contributed by atoms with van der Waals surface area (Å²) >= 11 is 0. The average Bonchev–Trinajstić information content (AvgIpc) is 3.39. The number of benzene rings is 3. The summed E-state index contributed by atoms with van der Waals surface area (Å²) < 4.78 is 10.8. The molecule has 0 aliphatic carbocycles. The van der Waals surface area contributed by atoms with Crippen molar-refractivity contribution in [1.29, 1.82) is 0 Å². The summed E-state index contributed by atoms with van der Waals surface area (Å²) in [6.07, 6.45) is 0.0687. The van der Waals surface area contributed by atoms with Crippen molar-refractivity contribution in [3.05, 3.63) is 95.1 Å². The van der Waals surface area contributed by atoms with Crippen LogP contribution in [-0.4, -0.2) is 71.4 Å². The molecule has 214 valence electrons. The lowest BCUT2D eigenvalue weighted by molar-refractivity contribution is -0.141. The van der Waals surface area contributed by atoms with Gasteiger partial charge in [-0.1, -0.05) is 24.3 Å². The molecule has 11 nitrogen and oxygen atoms in total. The van der Waals surface area contributed by atoms with Gasteiger partial charge in [0.1, 0.15) is 12.4 Å². The van der Waals surface area contributed by atoms with Gasteiger partial charge < -0.3 is 9.47 Å². The molecule has 2 aliphatic rings. The Labute approximate surface area is 241 Å². The molecule has 2 heterocycles. The molecule has 0 spiro atoms. The quantitative estimate of drug-likeness (QED) is 0.151. The van der Waals surface area contributed by atoms with Crippen LogP contribution in [0, 0.1) is 0 Å². The minimum atomic E-state index is -0.470. The van der Waals surface area contributed by atoms with Gasteiger partial charge in [-0.3, -0.25) is 39.2 Å². The van der Waals surface area contributed by atoms with Crippen molar-refractivity contribution in [1.82, 2.24) is 9.80 Å². The minimum Gasteiger partial charge on any atom is -0.492 e. The van der Waals surface area contributed by atoms with Gasteiger partial charge in [-0.2, -0.15) is 5.10 Å². The Morgan fingerprint density at radius 2 is 1.24 bits per heavy atom. The molecule has 0 aromatic heterocycles. The zero-order chi connectivity index (χ0) is 29.6. The van der Waals surface area contributed by atoms with Gasteiger partial charge in [0.05, 0.1) is 53.2 Å². The monoisotopic (exact) mass is 568 g/mol. The van der Waals surface area contributed by atoms with E-state index in [1.165, 1.54) is 4.90 Å². The lowest BCUT2D eigenvalue weighted by atomic mass is 10.1. The van der Waals surface area contributed by atoms with Crippen LogP contribution in [0.4, 0.5) is 5.69 Å². The van der Waals surface area contributed by atoms with E-state index >= 15 is 0 Å². The van der Waals surface area contributed by atoms with Crippen LogP contribution >= 0.6 is 0 Å². The van der Waals surface area contributed by atoms with Crippen LogP contribution in [-0.2, 0) is 9.53 Å². The van der Waals surface area contributed by atoms with Gasteiger partial charge in [0.15, 0.2) is 0 Å². The Morgan fingerprint density at radius 1 is 0.738 bits per heavy atom. The maximum absolute atomic E-state index is 12.7. The van der Waals surface area contributed by atoms with E-state index in [-0.39, 0.29) is 62.8 Å². The Hall–Kier alpha value is -5.32. The van der Waals surface area contributed by atoms with Crippen molar-refractivity contribution >= 4 is 41.0 Å². The van der Waals surface area contributed by atoms with Crippen LogP contribution in [0.25, 0.3) is 0 Å². The van der Waals surface area contributed by atoms with E-state index in [2.05, 4.69) is 10.5 Å². The fourth-order valence-electron chi connectivity index (χ4n) is 4.71. The third-order valence-corrected chi connectivity index (χ3v) is 6.82. The van der Waals surface area contributed by atoms with Crippen molar-refractivity contribution in [2.75, 3.05) is 31.7 Å². The molecule has 0 unspecified atom stereocenters. The van der Waals surface area contributed by atoms with E-state index in [4.69, 9.17) is 9.47 Å². The van der Waals surface area contributed by atoms with Crippen molar-refractivity contribution < 1.29 is 33.4 Å². The Bertz CT molecular complexity index is 1510. The zero-order valence-corrected chi connectivity index (χ0v) is 22.9. The molecule has 11 heteroatoms. The lowest BCUT2D eigenvalue weighted by Gasteiger charge is -2.15. The molecular weight excluding hydrogens is 540 g/mol. The number of carbonyl (C=O) groups excluding carboxylic acids is 5. The highest BCUT2D eigenvalue weighted by molar-refractivity contribution is 6.22. The van der Waals surface area contributed by atoms with E-state index < -0.39 is 5.97 Å².